The Morgan fingerprint density at radius 2 is 1.93 bits per heavy atom. The third-order valence-electron chi connectivity index (χ3n) is 5.21. The van der Waals surface area contributed by atoms with E-state index in [1.54, 1.807) is 12.3 Å². The lowest BCUT2D eigenvalue weighted by molar-refractivity contribution is -0.124. The number of carbonyl (C=O) groups is 1. The normalized spacial score (nSPS) is 15.0. The van der Waals surface area contributed by atoms with E-state index >= 15 is 0 Å². The predicted molar refractivity (Wildman–Crippen MR) is 103 cm³/mol. The fourth-order valence-corrected chi connectivity index (χ4v) is 3.59. The quantitative estimate of drug-likeness (QED) is 0.736. The van der Waals surface area contributed by atoms with E-state index in [2.05, 4.69) is 15.3 Å². The van der Waals surface area contributed by atoms with Crippen molar-refractivity contribution in [2.45, 2.75) is 31.6 Å². The Kier molecular flexibility index (Phi) is 4.44. The van der Waals surface area contributed by atoms with Crippen molar-refractivity contribution in [2.24, 2.45) is 0 Å². The van der Waals surface area contributed by atoms with Gasteiger partial charge in [0.1, 0.15) is 11.6 Å². The Morgan fingerprint density at radius 1 is 1.11 bits per heavy atom. The molecule has 3 aromatic rings. The third-order valence-corrected chi connectivity index (χ3v) is 5.21. The maximum atomic E-state index is 13.7. The molecule has 5 heteroatoms. The molecule has 1 aromatic heterocycles. The molecule has 0 atom stereocenters. The van der Waals surface area contributed by atoms with Gasteiger partial charge in [0, 0.05) is 17.4 Å². The lowest BCUT2D eigenvalue weighted by atomic mass is 9.63. The molecule has 4 rings (SSSR count). The van der Waals surface area contributed by atoms with Crippen LogP contribution in [0.1, 0.15) is 30.7 Å². The lowest BCUT2D eigenvalue weighted by Crippen LogP contribution is -2.46. The summed E-state index contributed by atoms with van der Waals surface area (Å²) in [6.07, 6.45) is 4.14. The molecule has 0 aliphatic heterocycles. The minimum Gasteiger partial charge on any atom is -0.325 e. The van der Waals surface area contributed by atoms with Crippen LogP contribution in [-0.4, -0.2) is 15.9 Å². The van der Waals surface area contributed by atoms with Crippen LogP contribution < -0.4 is 5.32 Å². The zero-order chi connectivity index (χ0) is 18.9. The first-order valence-electron chi connectivity index (χ1n) is 9.04. The van der Waals surface area contributed by atoms with Crippen molar-refractivity contribution in [2.75, 3.05) is 5.32 Å². The topological polar surface area (TPSA) is 54.9 Å². The number of nitrogens with zero attached hydrogens (tertiary/aromatic N) is 2. The first kappa shape index (κ1) is 17.3. The van der Waals surface area contributed by atoms with Crippen LogP contribution in [0.4, 0.5) is 10.1 Å². The van der Waals surface area contributed by atoms with Gasteiger partial charge in [0.25, 0.3) is 0 Å². The first-order valence-corrected chi connectivity index (χ1v) is 9.04. The standard InChI is InChI=1S/C22H20FN3O/c1-15-24-12-9-20(25-15)16-5-2-8-19(13-16)26-21(27)22(10-4-11-22)17-6-3-7-18(23)14-17/h2-3,5-9,12-14H,4,10-11H2,1H3,(H,26,27). The number of hydrogen-bond acceptors (Lipinski definition) is 3. The smallest absolute Gasteiger partial charge is 0.235 e. The summed E-state index contributed by atoms with van der Waals surface area (Å²) in [7, 11) is 0. The molecule has 2 aromatic carbocycles. The van der Waals surface area contributed by atoms with Crippen LogP contribution >= 0.6 is 0 Å². The van der Waals surface area contributed by atoms with Gasteiger partial charge in [0.05, 0.1) is 11.1 Å². The van der Waals surface area contributed by atoms with Crippen molar-refractivity contribution in [1.82, 2.24) is 9.97 Å². The van der Waals surface area contributed by atoms with Crippen LogP contribution in [0.3, 0.4) is 0 Å². The molecule has 0 unspecified atom stereocenters. The van der Waals surface area contributed by atoms with Gasteiger partial charge in [0.15, 0.2) is 0 Å². The van der Waals surface area contributed by atoms with E-state index in [0.29, 0.717) is 11.5 Å². The molecule has 1 aliphatic rings. The van der Waals surface area contributed by atoms with E-state index in [-0.39, 0.29) is 11.7 Å². The average Bonchev–Trinajstić information content (AvgIpc) is 2.61. The van der Waals surface area contributed by atoms with Crippen LogP contribution in [-0.2, 0) is 10.2 Å². The second-order valence-electron chi connectivity index (χ2n) is 6.97. The van der Waals surface area contributed by atoms with Crippen molar-refractivity contribution in [3.8, 4) is 11.3 Å². The van der Waals surface area contributed by atoms with Crippen LogP contribution in [0.15, 0.2) is 60.8 Å². The molecular formula is C22H20FN3O. The van der Waals surface area contributed by atoms with Crippen LogP contribution in [0.25, 0.3) is 11.3 Å². The fraction of sp³-hybridized carbons (Fsp3) is 0.227. The van der Waals surface area contributed by atoms with Crippen molar-refractivity contribution in [1.29, 1.82) is 0 Å². The predicted octanol–water partition coefficient (Wildman–Crippen LogP) is 4.65. The van der Waals surface area contributed by atoms with Gasteiger partial charge in [-0.2, -0.15) is 0 Å². The Bertz CT molecular complexity index is 998. The Labute approximate surface area is 157 Å². The van der Waals surface area contributed by atoms with Crippen LogP contribution in [0, 0.1) is 12.7 Å². The minimum atomic E-state index is -0.649. The molecule has 136 valence electrons. The van der Waals surface area contributed by atoms with Gasteiger partial charge < -0.3 is 5.32 Å². The van der Waals surface area contributed by atoms with Crippen molar-refractivity contribution < 1.29 is 9.18 Å². The van der Waals surface area contributed by atoms with E-state index in [4.69, 9.17) is 0 Å². The monoisotopic (exact) mass is 361 g/mol. The number of aryl methyl sites for hydroxylation is 1. The number of hydrogen-bond donors (Lipinski definition) is 1. The fourth-order valence-electron chi connectivity index (χ4n) is 3.59. The summed E-state index contributed by atoms with van der Waals surface area (Å²) in [6, 6.07) is 15.8. The van der Waals surface area contributed by atoms with E-state index in [9.17, 15) is 9.18 Å². The number of benzene rings is 2. The number of rotatable bonds is 4. The molecule has 1 heterocycles. The number of anilines is 1. The summed E-state index contributed by atoms with van der Waals surface area (Å²) in [5, 5.41) is 3.02. The summed E-state index contributed by atoms with van der Waals surface area (Å²) in [6.45, 7) is 1.84. The molecule has 4 nitrogen and oxygen atoms in total. The molecule has 0 spiro atoms. The SMILES string of the molecule is Cc1nccc(-c2cccc(NC(=O)C3(c4cccc(F)c4)CCC3)c2)n1. The molecule has 1 N–H and O–H groups in total. The number of nitrogens with one attached hydrogen (secondary N) is 1. The summed E-state index contributed by atoms with van der Waals surface area (Å²) >= 11 is 0. The summed E-state index contributed by atoms with van der Waals surface area (Å²) < 4.78 is 13.7. The molecule has 1 aliphatic carbocycles. The highest BCUT2D eigenvalue weighted by Crippen LogP contribution is 2.44. The van der Waals surface area contributed by atoms with Gasteiger partial charge in [-0.3, -0.25) is 4.79 Å². The summed E-state index contributed by atoms with van der Waals surface area (Å²) in [5.41, 5.74) is 2.52. The summed E-state index contributed by atoms with van der Waals surface area (Å²) in [4.78, 5) is 21.6. The summed E-state index contributed by atoms with van der Waals surface area (Å²) in [5.74, 6) is 0.296. The second kappa shape index (κ2) is 6.91. The van der Waals surface area contributed by atoms with Crippen molar-refractivity contribution >= 4 is 11.6 Å². The highest BCUT2D eigenvalue weighted by Gasteiger charge is 2.45. The highest BCUT2D eigenvalue weighted by molar-refractivity contribution is 6.00. The molecule has 1 fully saturated rings. The van der Waals surface area contributed by atoms with E-state index < -0.39 is 5.41 Å². The molecule has 0 bridgehead atoms. The van der Waals surface area contributed by atoms with Crippen LogP contribution in [0.2, 0.25) is 0 Å². The zero-order valence-electron chi connectivity index (χ0n) is 15.1. The molecule has 1 amide bonds. The van der Waals surface area contributed by atoms with E-state index in [0.717, 1.165) is 36.1 Å². The molecule has 27 heavy (non-hydrogen) atoms. The van der Waals surface area contributed by atoms with Gasteiger partial charge >= 0.3 is 0 Å². The largest absolute Gasteiger partial charge is 0.325 e. The lowest BCUT2D eigenvalue weighted by Gasteiger charge is -2.40. The molecule has 1 saturated carbocycles. The van der Waals surface area contributed by atoms with Gasteiger partial charge in [-0.15, -0.1) is 0 Å². The molecular weight excluding hydrogens is 341 g/mol. The molecule has 0 saturated heterocycles. The van der Waals surface area contributed by atoms with Crippen molar-refractivity contribution in [3.63, 3.8) is 0 Å². The van der Waals surface area contributed by atoms with Gasteiger partial charge in [-0.05, 0) is 55.7 Å². The van der Waals surface area contributed by atoms with Gasteiger partial charge in [-0.25, -0.2) is 14.4 Å². The van der Waals surface area contributed by atoms with E-state index in [1.165, 1.54) is 12.1 Å². The number of carbonyl (C=O) groups excluding carboxylic acids is 1. The second-order valence-corrected chi connectivity index (χ2v) is 6.97. The van der Waals surface area contributed by atoms with Crippen LogP contribution in [0.5, 0.6) is 0 Å². The Morgan fingerprint density at radius 3 is 2.63 bits per heavy atom. The maximum Gasteiger partial charge on any atom is 0.235 e. The number of halogens is 1. The van der Waals surface area contributed by atoms with E-state index in [1.807, 2.05) is 43.3 Å². The first-order chi connectivity index (χ1) is 13.1. The Hall–Kier alpha value is -3.08. The minimum absolute atomic E-state index is 0.0876. The number of aromatic nitrogens is 2. The molecule has 0 radical (unpaired) electrons. The number of amides is 1. The maximum absolute atomic E-state index is 13.7. The highest BCUT2D eigenvalue weighted by atomic mass is 19.1. The van der Waals surface area contributed by atoms with Gasteiger partial charge in [0.2, 0.25) is 5.91 Å². The van der Waals surface area contributed by atoms with Crippen molar-refractivity contribution in [3.05, 3.63) is 78.0 Å². The van der Waals surface area contributed by atoms with Gasteiger partial charge in [-0.1, -0.05) is 30.7 Å². The average molecular weight is 361 g/mol. The zero-order valence-corrected chi connectivity index (χ0v) is 15.1. The third kappa shape index (κ3) is 3.33. The Balaban J connectivity index is 1.60.